The van der Waals surface area contributed by atoms with Crippen molar-refractivity contribution in [1.82, 2.24) is 0 Å². The maximum Gasteiger partial charge on any atom is 0.182 e. The third-order valence-corrected chi connectivity index (χ3v) is 3.78. The van der Waals surface area contributed by atoms with E-state index in [1.54, 1.807) is 48.3 Å². The molecule has 0 unspecified atom stereocenters. The predicted molar refractivity (Wildman–Crippen MR) is 85.2 cm³/mol. The zero-order valence-electron chi connectivity index (χ0n) is 11.3. The molecule has 0 aliphatic rings. The average molecular weight is 319 g/mol. The van der Waals surface area contributed by atoms with Crippen molar-refractivity contribution in [1.29, 1.82) is 5.26 Å². The topological polar surface area (TPSA) is 44.1 Å². The van der Waals surface area contributed by atoms with Crippen LogP contribution in [0.25, 0.3) is 0 Å². The van der Waals surface area contributed by atoms with E-state index in [0.29, 0.717) is 21.2 Å². The monoisotopic (exact) mass is 318 g/mol. The van der Waals surface area contributed by atoms with Gasteiger partial charge in [0.25, 0.3) is 0 Å². The van der Waals surface area contributed by atoms with E-state index in [4.69, 9.17) is 28.5 Å². The molecule has 0 aliphatic carbocycles. The molecule has 0 aromatic heterocycles. The highest BCUT2D eigenvalue weighted by Gasteiger charge is 2.12. The zero-order valence-corrected chi connectivity index (χ0v) is 12.8. The van der Waals surface area contributed by atoms with Crippen LogP contribution in [0.5, 0.6) is 0 Å². The van der Waals surface area contributed by atoms with Crippen molar-refractivity contribution < 1.29 is 4.79 Å². The first kappa shape index (κ1) is 15.4. The van der Waals surface area contributed by atoms with Crippen LogP contribution >= 0.6 is 23.2 Å². The van der Waals surface area contributed by atoms with Crippen LogP contribution in [0.15, 0.2) is 42.5 Å². The molecule has 0 N–H and O–H groups in total. The summed E-state index contributed by atoms with van der Waals surface area (Å²) in [4.78, 5) is 14.0. The van der Waals surface area contributed by atoms with Crippen LogP contribution in [0.1, 0.15) is 15.9 Å². The summed E-state index contributed by atoms with van der Waals surface area (Å²) in [6.07, 6.45) is 0. The number of carbonyl (C=O) groups excluding carboxylic acids is 1. The average Bonchev–Trinajstić information content (AvgIpc) is 2.49. The fraction of sp³-hybridized carbons (Fsp3) is 0.125. The number of hydrogen-bond acceptors (Lipinski definition) is 3. The summed E-state index contributed by atoms with van der Waals surface area (Å²) in [6.45, 7) is 0.187. The van der Waals surface area contributed by atoms with Crippen molar-refractivity contribution in [3.05, 3.63) is 63.6 Å². The van der Waals surface area contributed by atoms with E-state index >= 15 is 0 Å². The van der Waals surface area contributed by atoms with Gasteiger partial charge in [0.2, 0.25) is 0 Å². The molecule has 2 rings (SSSR count). The number of halogens is 2. The highest BCUT2D eigenvalue weighted by Crippen LogP contribution is 2.23. The van der Waals surface area contributed by atoms with Gasteiger partial charge in [-0.25, -0.2) is 0 Å². The second-order valence-corrected chi connectivity index (χ2v) is 5.38. The van der Waals surface area contributed by atoms with E-state index in [1.807, 2.05) is 6.07 Å². The van der Waals surface area contributed by atoms with Crippen molar-refractivity contribution >= 4 is 34.7 Å². The molecule has 0 heterocycles. The first-order valence-electron chi connectivity index (χ1n) is 6.21. The lowest BCUT2D eigenvalue weighted by molar-refractivity contribution is 0.100. The lowest BCUT2D eigenvalue weighted by Crippen LogP contribution is -2.25. The summed E-state index contributed by atoms with van der Waals surface area (Å²) in [7, 11) is 1.80. The first-order chi connectivity index (χ1) is 10.0. The minimum atomic E-state index is -0.0709. The Balaban J connectivity index is 2.14. The number of benzene rings is 2. The number of ketones is 1. The normalized spacial score (nSPS) is 10.0. The molecule has 0 aliphatic heterocycles. The number of nitriles is 1. The van der Waals surface area contributed by atoms with E-state index in [0.717, 1.165) is 5.69 Å². The van der Waals surface area contributed by atoms with Gasteiger partial charge in [0.1, 0.15) is 0 Å². The van der Waals surface area contributed by atoms with E-state index < -0.39 is 0 Å². The third-order valence-electron chi connectivity index (χ3n) is 3.04. The van der Waals surface area contributed by atoms with Crippen molar-refractivity contribution in [2.24, 2.45) is 0 Å². The molecular formula is C16H12Cl2N2O. The molecule has 0 amide bonds. The van der Waals surface area contributed by atoms with Crippen LogP contribution in [0.2, 0.25) is 10.0 Å². The van der Waals surface area contributed by atoms with Gasteiger partial charge in [0.15, 0.2) is 5.78 Å². The maximum absolute atomic E-state index is 12.2. The van der Waals surface area contributed by atoms with Crippen LogP contribution in [0.3, 0.4) is 0 Å². The van der Waals surface area contributed by atoms with Gasteiger partial charge in [-0.05, 0) is 36.4 Å². The Kier molecular flexibility index (Phi) is 4.85. The first-order valence-corrected chi connectivity index (χ1v) is 6.96. The highest BCUT2D eigenvalue weighted by molar-refractivity contribution is 6.42. The number of anilines is 1. The van der Waals surface area contributed by atoms with Gasteiger partial charge >= 0.3 is 0 Å². The predicted octanol–water partition coefficient (Wildman–Crippen LogP) is 4.18. The summed E-state index contributed by atoms with van der Waals surface area (Å²) in [5, 5.41) is 9.68. The van der Waals surface area contributed by atoms with E-state index in [-0.39, 0.29) is 12.3 Å². The standard InChI is InChI=1S/C16H12Cl2N2O/c1-20(13-4-2-3-11(7-13)9-19)10-16(21)12-5-6-14(17)15(18)8-12/h2-8H,10H2,1H3. The van der Waals surface area contributed by atoms with Crippen LogP contribution in [-0.2, 0) is 0 Å². The third kappa shape index (κ3) is 3.75. The van der Waals surface area contributed by atoms with Gasteiger partial charge < -0.3 is 4.90 Å². The van der Waals surface area contributed by atoms with Gasteiger partial charge in [-0.1, -0.05) is 29.3 Å². The molecule has 2 aromatic rings. The summed E-state index contributed by atoms with van der Waals surface area (Å²) < 4.78 is 0. The van der Waals surface area contributed by atoms with Crippen molar-refractivity contribution in [3.8, 4) is 6.07 Å². The van der Waals surface area contributed by atoms with Gasteiger partial charge in [-0.2, -0.15) is 5.26 Å². The Labute approximate surface area is 133 Å². The molecule has 106 valence electrons. The molecule has 0 atom stereocenters. The lowest BCUT2D eigenvalue weighted by Gasteiger charge is -2.18. The fourth-order valence-corrected chi connectivity index (χ4v) is 2.18. The highest BCUT2D eigenvalue weighted by atomic mass is 35.5. The Hall–Kier alpha value is -2.02. The van der Waals surface area contributed by atoms with Gasteiger partial charge in [0.05, 0.1) is 28.2 Å². The quantitative estimate of drug-likeness (QED) is 0.794. The minimum absolute atomic E-state index is 0.0709. The number of carbonyl (C=O) groups is 1. The second-order valence-electron chi connectivity index (χ2n) is 4.57. The largest absolute Gasteiger partial charge is 0.367 e. The number of rotatable bonds is 4. The number of Topliss-reactive ketones (excluding diaryl/α,β-unsaturated/α-hetero) is 1. The van der Waals surface area contributed by atoms with Crippen LogP contribution < -0.4 is 4.90 Å². The fourth-order valence-electron chi connectivity index (χ4n) is 1.88. The van der Waals surface area contributed by atoms with Crippen LogP contribution in [0, 0.1) is 11.3 Å². The molecule has 0 radical (unpaired) electrons. The lowest BCUT2D eigenvalue weighted by atomic mass is 10.1. The smallest absolute Gasteiger partial charge is 0.182 e. The van der Waals surface area contributed by atoms with E-state index in [1.165, 1.54) is 0 Å². The summed E-state index contributed by atoms with van der Waals surface area (Å²) in [6, 6.07) is 14.0. The van der Waals surface area contributed by atoms with Crippen LogP contribution in [0.4, 0.5) is 5.69 Å². The number of nitrogens with zero attached hydrogens (tertiary/aromatic N) is 2. The van der Waals surface area contributed by atoms with Gasteiger partial charge in [-0.15, -0.1) is 0 Å². The van der Waals surface area contributed by atoms with Gasteiger partial charge in [-0.3, -0.25) is 4.79 Å². The minimum Gasteiger partial charge on any atom is -0.367 e. The van der Waals surface area contributed by atoms with E-state index in [2.05, 4.69) is 6.07 Å². The molecule has 3 nitrogen and oxygen atoms in total. The second kappa shape index (κ2) is 6.62. The van der Waals surface area contributed by atoms with Crippen molar-refractivity contribution in [2.75, 3.05) is 18.5 Å². The summed E-state index contributed by atoms with van der Waals surface area (Å²) in [5.74, 6) is -0.0709. The molecule has 0 bridgehead atoms. The summed E-state index contributed by atoms with van der Waals surface area (Å²) >= 11 is 11.8. The molecule has 2 aromatic carbocycles. The van der Waals surface area contributed by atoms with Gasteiger partial charge in [0, 0.05) is 18.3 Å². The maximum atomic E-state index is 12.2. The molecule has 0 saturated heterocycles. The zero-order chi connectivity index (χ0) is 15.4. The Morgan fingerprint density at radius 2 is 1.95 bits per heavy atom. The number of hydrogen-bond donors (Lipinski definition) is 0. The Morgan fingerprint density at radius 3 is 2.62 bits per heavy atom. The molecule has 21 heavy (non-hydrogen) atoms. The van der Waals surface area contributed by atoms with Crippen molar-refractivity contribution in [2.45, 2.75) is 0 Å². The SMILES string of the molecule is CN(CC(=O)c1ccc(Cl)c(Cl)c1)c1cccc(C#N)c1. The van der Waals surface area contributed by atoms with Crippen LogP contribution in [-0.4, -0.2) is 19.4 Å². The Morgan fingerprint density at radius 1 is 1.19 bits per heavy atom. The summed E-state index contributed by atoms with van der Waals surface area (Å²) in [5.41, 5.74) is 1.87. The van der Waals surface area contributed by atoms with Crippen molar-refractivity contribution in [3.63, 3.8) is 0 Å². The molecule has 0 fully saturated rings. The van der Waals surface area contributed by atoms with E-state index in [9.17, 15) is 4.79 Å². The molecule has 0 saturated carbocycles. The Bertz CT molecular complexity index is 722. The molecule has 5 heteroatoms. The molecule has 0 spiro atoms. The number of likely N-dealkylation sites (N-methyl/N-ethyl adjacent to an activating group) is 1. The molecular weight excluding hydrogens is 307 g/mol.